The topological polar surface area (TPSA) is 64.8 Å². The molecule has 2 aromatic carbocycles. The van der Waals surface area contributed by atoms with E-state index in [-0.39, 0.29) is 11.9 Å². The number of H-pyrrole nitrogens is 2. The zero-order chi connectivity index (χ0) is 19.4. The SMILES string of the molecule is Cc1ccc(C)c2c(C)c(C(=O)N3CCC[C@@H]3c3nc4ccccc4[nH]3)[nH]c12. The van der Waals surface area contributed by atoms with Gasteiger partial charge >= 0.3 is 0 Å². The Kier molecular flexibility index (Phi) is 3.79. The lowest BCUT2D eigenvalue weighted by molar-refractivity contribution is 0.0725. The number of fused-ring (bicyclic) bond motifs is 2. The highest BCUT2D eigenvalue weighted by Gasteiger charge is 2.34. The molecule has 1 fully saturated rings. The summed E-state index contributed by atoms with van der Waals surface area (Å²) in [7, 11) is 0. The van der Waals surface area contributed by atoms with Crippen molar-refractivity contribution >= 4 is 27.8 Å². The molecule has 5 nitrogen and oxygen atoms in total. The van der Waals surface area contributed by atoms with Gasteiger partial charge in [-0.05, 0) is 62.4 Å². The van der Waals surface area contributed by atoms with Crippen LogP contribution < -0.4 is 0 Å². The van der Waals surface area contributed by atoms with Crippen LogP contribution in [0.15, 0.2) is 36.4 Å². The average molecular weight is 372 g/mol. The molecule has 4 aromatic rings. The third-order valence-electron chi connectivity index (χ3n) is 6.07. The number of nitrogens with one attached hydrogen (secondary N) is 2. The van der Waals surface area contributed by atoms with Gasteiger partial charge in [0, 0.05) is 17.4 Å². The molecule has 0 spiro atoms. The van der Waals surface area contributed by atoms with Gasteiger partial charge in [0.2, 0.25) is 0 Å². The fourth-order valence-electron chi connectivity index (χ4n) is 4.58. The van der Waals surface area contributed by atoms with Crippen LogP contribution in [0.1, 0.15) is 51.9 Å². The van der Waals surface area contributed by atoms with E-state index in [2.05, 4.69) is 35.9 Å². The lowest BCUT2D eigenvalue weighted by atomic mass is 10.0. The van der Waals surface area contributed by atoms with Gasteiger partial charge in [0.25, 0.3) is 5.91 Å². The van der Waals surface area contributed by atoms with Gasteiger partial charge in [-0.3, -0.25) is 4.79 Å². The summed E-state index contributed by atoms with van der Waals surface area (Å²) in [5.41, 5.74) is 7.14. The van der Waals surface area contributed by atoms with Crippen LogP contribution in [-0.4, -0.2) is 32.3 Å². The van der Waals surface area contributed by atoms with Crippen LogP contribution in [0.2, 0.25) is 0 Å². The Morgan fingerprint density at radius 3 is 2.64 bits per heavy atom. The van der Waals surface area contributed by atoms with Crippen molar-refractivity contribution in [2.24, 2.45) is 0 Å². The molecule has 1 aliphatic rings. The van der Waals surface area contributed by atoms with E-state index < -0.39 is 0 Å². The average Bonchev–Trinajstić information content (AvgIpc) is 3.40. The smallest absolute Gasteiger partial charge is 0.271 e. The van der Waals surface area contributed by atoms with Crippen molar-refractivity contribution in [2.75, 3.05) is 6.54 Å². The minimum absolute atomic E-state index is 0.00657. The second-order valence-electron chi connectivity index (χ2n) is 7.87. The molecule has 28 heavy (non-hydrogen) atoms. The molecule has 142 valence electrons. The first-order chi connectivity index (χ1) is 13.5. The molecule has 1 aliphatic heterocycles. The zero-order valence-electron chi connectivity index (χ0n) is 16.5. The molecule has 0 aliphatic carbocycles. The normalized spacial score (nSPS) is 17.1. The van der Waals surface area contributed by atoms with E-state index in [1.54, 1.807) is 0 Å². The van der Waals surface area contributed by atoms with E-state index in [1.807, 2.05) is 36.1 Å². The third-order valence-corrected chi connectivity index (χ3v) is 6.07. The monoisotopic (exact) mass is 372 g/mol. The lowest BCUT2D eigenvalue weighted by Crippen LogP contribution is -2.31. The standard InChI is InChI=1S/C23H24N4O/c1-13-10-11-14(2)20-19(13)15(3)21(26-20)23(28)27-12-6-9-18(27)22-24-16-7-4-5-8-17(16)25-22/h4-5,7-8,10-11,18,26H,6,9,12H2,1-3H3,(H,24,25)/t18-/m1/s1. The number of aryl methyl sites for hydroxylation is 3. The predicted molar refractivity (Wildman–Crippen MR) is 112 cm³/mol. The summed E-state index contributed by atoms with van der Waals surface area (Å²) in [6.45, 7) is 6.99. The number of imidazole rings is 1. The third kappa shape index (κ3) is 2.46. The predicted octanol–water partition coefficient (Wildman–Crippen LogP) is 4.95. The van der Waals surface area contributed by atoms with Gasteiger partial charge < -0.3 is 14.9 Å². The van der Waals surface area contributed by atoms with E-state index >= 15 is 0 Å². The lowest BCUT2D eigenvalue weighted by Gasteiger charge is -2.23. The Labute approximate surface area is 163 Å². The molecule has 2 aromatic heterocycles. The van der Waals surface area contributed by atoms with Gasteiger partial charge in [-0.15, -0.1) is 0 Å². The molecule has 3 heterocycles. The number of rotatable bonds is 2. The number of likely N-dealkylation sites (tertiary alicyclic amines) is 1. The van der Waals surface area contributed by atoms with Gasteiger partial charge in [-0.25, -0.2) is 4.98 Å². The number of aromatic amines is 2. The fourth-order valence-corrected chi connectivity index (χ4v) is 4.58. The maximum absolute atomic E-state index is 13.5. The minimum Gasteiger partial charge on any atom is -0.350 e. The fraction of sp³-hybridized carbons (Fsp3) is 0.304. The van der Waals surface area contributed by atoms with Crippen LogP contribution in [-0.2, 0) is 0 Å². The highest BCUT2D eigenvalue weighted by atomic mass is 16.2. The molecule has 1 saturated heterocycles. The van der Waals surface area contributed by atoms with Crippen LogP contribution in [0.3, 0.4) is 0 Å². The molecule has 0 radical (unpaired) electrons. The first-order valence-electron chi connectivity index (χ1n) is 9.88. The molecule has 2 N–H and O–H groups in total. The molecular weight excluding hydrogens is 348 g/mol. The summed E-state index contributed by atoms with van der Waals surface area (Å²) in [6, 6.07) is 12.2. The van der Waals surface area contributed by atoms with E-state index in [1.165, 1.54) is 10.9 Å². The largest absolute Gasteiger partial charge is 0.350 e. The molecule has 0 saturated carbocycles. The number of carbonyl (C=O) groups is 1. The highest BCUT2D eigenvalue weighted by Crippen LogP contribution is 2.35. The quantitative estimate of drug-likeness (QED) is 0.523. The van der Waals surface area contributed by atoms with Crippen LogP contribution >= 0.6 is 0 Å². The molecule has 0 unspecified atom stereocenters. The van der Waals surface area contributed by atoms with E-state index in [4.69, 9.17) is 4.98 Å². The van der Waals surface area contributed by atoms with Crippen LogP contribution in [0.25, 0.3) is 21.9 Å². The number of carbonyl (C=O) groups excluding carboxylic acids is 1. The maximum Gasteiger partial charge on any atom is 0.271 e. The number of amides is 1. The van der Waals surface area contributed by atoms with Crippen LogP contribution in [0.4, 0.5) is 0 Å². The molecule has 5 rings (SSSR count). The Morgan fingerprint density at radius 1 is 1.07 bits per heavy atom. The Morgan fingerprint density at radius 2 is 1.86 bits per heavy atom. The Hall–Kier alpha value is -3.08. The second kappa shape index (κ2) is 6.23. The summed E-state index contributed by atoms with van der Waals surface area (Å²) in [5, 5.41) is 1.17. The van der Waals surface area contributed by atoms with Crippen molar-refractivity contribution in [1.29, 1.82) is 0 Å². The Balaban J connectivity index is 1.56. The van der Waals surface area contributed by atoms with Gasteiger partial charge in [0.05, 0.1) is 17.1 Å². The van der Waals surface area contributed by atoms with Crippen molar-refractivity contribution in [3.05, 3.63) is 64.6 Å². The number of hydrogen-bond acceptors (Lipinski definition) is 2. The number of aromatic nitrogens is 3. The summed E-state index contributed by atoms with van der Waals surface area (Å²) in [5.74, 6) is 0.948. The molecule has 5 heteroatoms. The van der Waals surface area contributed by atoms with Crippen molar-refractivity contribution < 1.29 is 4.79 Å². The zero-order valence-corrected chi connectivity index (χ0v) is 16.5. The van der Waals surface area contributed by atoms with E-state index in [0.717, 1.165) is 52.9 Å². The van der Waals surface area contributed by atoms with Gasteiger partial charge in [-0.2, -0.15) is 0 Å². The second-order valence-corrected chi connectivity index (χ2v) is 7.87. The summed E-state index contributed by atoms with van der Waals surface area (Å²) in [4.78, 5) is 27.1. The number of para-hydroxylation sites is 2. The molecule has 0 bridgehead atoms. The maximum atomic E-state index is 13.5. The van der Waals surface area contributed by atoms with Crippen molar-refractivity contribution in [1.82, 2.24) is 19.9 Å². The van der Waals surface area contributed by atoms with Crippen LogP contribution in [0.5, 0.6) is 0 Å². The van der Waals surface area contributed by atoms with E-state index in [0.29, 0.717) is 5.69 Å². The number of hydrogen-bond donors (Lipinski definition) is 2. The summed E-state index contributed by atoms with van der Waals surface area (Å²) < 4.78 is 0. The summed E-state index contributed by atoms with van der Waals surface area (Å²) in [6.07, 6.45) is 1.92. The first kappa shape index (κ1) is 17.0. The minimum atomic E-state index is -0.00657. The Bertz CT molecular complexity index is 1180. The van der Waals surface area contributed by atoms with Crippen molar-refractivity contribution in [2.45, 2.75) is 39.7 Å². The number of benzene rings is 2. The summed E-state index contributed by atoms with van der Waals surface area (Å²) >= 11 is 0. The highest BCUT2D eigenvalue weighted by molar-refractivity contribution is 6.02. The first-order valence-corrected chi connectivity index (χ1v) is 9.88. The van der Waals surface area contributed by atoms with E-state index in [9.17, 15) is 4.79 Å². The van der Waals surface area contributed by atoms with Gasteiger partial charge in [0.15, 0.2) is 0 Å². The number of nitrogens with zero attached hydrogens (tertiary/aromatic N) is 2. The molecule has 1 atom stereocenters. The van der Waals surface area contributed by atoms with Gasteiger partial charge in [-0.1, -0.05) is 24.3 Å². The molecular formula is C23H24N4O. The van der Waals surface area contributed by atoms with Crippen LogP contribution in [0, 0.1) is 20.8 Å². The van der Waals surface area contributed by atoms with Crippen molar-refractivity contribution in [3.63, 3.8) is 0 Å². The van der Waals surface area contributed by atoms with Crippen molar-refractivity contribution in [3.8, 4) is 0 Å². The molecule has 1 amide bonds. The van der Waals surface area contributed by atoms with Gasteiger partial charge in [0.1, 0.15) is 11.5 Å².